The van der Waals surface area contributed by atoms with Crippen molar-refractivity contribution in [2.75, 3.05) is 18.5 Å². The number of furan rings is 1. The summed E-state index contributed by atoms with van der Waals surface area (Å²) in [5, 5.41) is 4.31. The maximum Gasteiger partial charge on any atom is 0.573 e. The minimum Gasteiger partial charge on any atom is -0.450 e. The first-order valence-electron chi connectivity index (χ1n) is 11.4. The summed E-state index contributed by atoms with van der Waals surface area (Å²) >= 11 is 4.23. The van der Waals surface area contributed by atoms with E-state index >= 15 is 0 Å². The van der Waals surface area contributed by atoms with Gasteiger partial charge in [0.05, 0.1) is 37.8 Å². The summed E-state index contributed by atoms with van der Waals surface area (Å²) in [7, 11) is 1.84. The highest BCUT2D eigenvalue weighted by atomic mass is 32.2. The molecule has 2 aromatic heterocycles. The zero-order chi connectivity index (χ0) is 28.1. The Morgan fingerprint density at radius 1 is 1.10 bits per heavy atom. The van der Waals surface area contributed by atoms with E-state index in [1.165, 1.54) is 53.1 Å². The van der Waals surface area contributed by atoms with Gasteiger partial charge in [-0.3, -0.25) is 0 Å². The Balaban J connectivity index is 1.41. The van der Waals surface area contributed by atoms with E-state index in [-0.39, 0.29) is 18.1 Å². The van der Waals surface area contributed by atoms with E-state index in [1.54, 1.807) is 16.8 Å². The Labute approximate surface area is 232 Å². The highest BCUT2D eigenvalue weighted by molar-refractivity contribution is 8.09. The van der Waals surface area contributed by atoms with Gasteiger partial charge in [0.25, 0.3) is 5.01 Å². The van der Waals surface area contributed by atoms with Crippen LogP contribution in [0.3, 0.4) is 0 Å². The molecule has 5 rings (SSSR count). The Kier molecular flexibility index (Phi) is 7.22. The van der Waals surface area contributed by atoms with Crippen molar-refractivity contribution < 1.29 is 40.1 Å². The second-order valence-corrected chi connectivity index (χ2v) is 11.4. The number of likely N-dealkylation sites (N-methyl/N-ethyl adjacent to an activating group) is 1. The summed E-state index contributed by atoms with van der Waals surface area (Å²) in [5.41, 5.74) is 1.49. The van der Waals surface area contributed by atoms with Crippen LogP contribution < -0.4 is 14.2 Å². The molecular formula is C25H20F6N3O2S3+. The van der Waals surface area contributed by atoms with Crippen LogP contribution in [0.5, 0.6) is 5.75 Å². The van der Waals surface area contributed by atoms with Gasteiger partial charge in [-0.2, -0.15) is 17.7 Å². The van der Waals surface area contributed by atoms with Crippen LogP contribution >= 0.6 is 34.9 Å². The predicted molar refractivity (Wildman–Crippen MR) is 139 cm³/mol. The van der Waals surface area contributed by atoms with Gasteiger partial charge in [0, 0.05) is 18.5 Å². The van der Waals surface area contributed by atoms with Crippen LogP contribution in [0.25, 0.3) is 6.08 Å². The molecule has 0 bridgehead atoms. The van der Waals surface area contributed by atoms with Crippen molar-refractivity contribution in [3.8, 4) is 5.75 Å². The van der Waals surface area contributed by atoms with E-state index in [1.807, 2.05) is 35.2 Å². The third-order valence-electron chi connectivity index (χ3n) is 5.84. The number of aromatic nitrogens is 1. The lowest BCUT2D eigenvalue weighted by Crippen LogP contribution is -2.34. The highest BCUT2D eigenvalue weighted by Crippen LogP contribution is 2.55. The largest absolute Gasteiger partial charge is 0.573 e. The SMILES string of the molecule is C=C1/C(=C2\Sc3cc(OC(F)(F)F)ccc3N2C)S/C(=C\c2scc[n+]2Cc2ccc(C(F)(F)F)o2)N1CC. The average molecular weight is 605 g/mol. The molecule has 39 heavy (non-hydrogen) atoms. The molecule has 0 amide bonds. The van der Waals surface area contributed by atoms with Gasteiger partial charge in [0.1, 0.15) is 5.75 Å². The standard InChI is InChI=1S/C25H20F6N3O2S3/c1-4-34-14(2)22(23-32(3)17-7-5-15(11-18(17)38-23)36-25(29,30)31)39-21(34)12-20-33(9-10-37-20)13-16-6-8-19(35-16)24(26,27)28/h5-12H,2,4,13H2,1,3H3/q+1/b23-22+. The monoisotopic (exact) mass is 604 g/mol. The highest BCUT2D eigenvalue weighted by Gasteiger charge is 2.37. The number of fused-ring (bicyclic) bond motifs is 1. The molecular weight excluding hydrogens is 584 g/mol. The van der Waals surface area contributed by atoms with Crippen LogP contribution in [0, 0.1) is 0 Å². The Morgan fingerprint density at radius 2 is 1.87 bits per heavy atom. The van der Waals surface area contributed by atoms with Gasteiger partial charge in [0.15, 0.2) is 12.0 Å². The van der Waals surface area contributed by atoms with Crippen LogP contribution in [0.2, 0.25) is 0 Å². The second-order valence-electron chi connectivity index (χ2n) is 8.38. The second kappa shape index (κ2) is 10.2. The first kappa shape index (κ1) is 27.6. The summed E-state index contributed by atoms with van der Waals surface area (Å²) in [6, 6.07) is 6.46. The van der Waals surface area contributed by atoms with Crippen molar-refractivity contribution in [3.63, 3.8) is 0 Å². The predicted octanol–water partition coefficient (Wildman–Crippen LogP) is 7.89. The molecule has 0 spiro atoms. The van der Waals surface area contributed by atoms with Crippen molar-refractivity contribution in [2.45, 2.75) is 30.9 Å². The van der Waals surface area contributed by atoms with Crippen molar-refractivity contribution in [2.24, 2.45) is 0 Å². The number of thiazole rings is 1. The molecule has 2 aliphatic rings. The fourth-order valence-corrected chi connectivity index (χ4v) is 7.51. The molecule has 0 saturated carbocycles. The molecule has 2 aliphatic heterocycles. The average Bonchev–Trinajstić information content (AvgIpc) is 3.61. The van der Waals surface area contributed by atoms with Gasteiger partial charge in [-0.15, -0.1) is 13.2 Å². The summed E-state index contributed by atoms with van der Waals surface area (Å²) in [6.45, 7) is 6.96. The van der Waals surface area contributed by atoms with Crippen molar-refractivity contribution in [1.29, 1.82) is 0 Å². The zero-order valence-electron chi connectivity index (χ0n) is 20.4. The van der Waals surface area contributed by atoms with E-state index in [0.29, 0.717) is 11.4 Å². The lowest BCUT2D eigenvalue weighted by molar-refractivity contribution is -0.686. The number of halogens is 6. The minimum absolute atomic E-state index is 0.126. The molecule has 5 nitrogen and oxygen atoms in total. The summed E-state index contributed by atoms with van der Waals surface area (Å²) in [6.07, 6.45) is -5.62. The zero-order valence-corrected chi connectivity index (χ0v) is 22.8. The number of anilines is 1. The maximum absolute atomic E-state index is 12.9. The summed E-state index contributed by atoms with van der Waals surface area (Å²) in [4.78, 5) is 5.40. The summed E-state index contributed by atoms with van der Waals surface area (Å²) < 4.78 is 87.7. The third-order valence-corrected chi connectivity index (χ3v) is 9.21. The molecule has 1 fully saturated rings. The van der Waals surface area contributed by atoms with Gasteiger partial charge in [0.2, 0.25) is 12.3 Å². The van der Waals surface area contributed by atoms with Gasteiger partial charge in [-0.05, 0) is 37.3 Å². The number of alkyl halides is 6. The molecule has 0 unspecified atom stereocenters. The molecule has 1 saturated heterocycles. The van der Waals surface area contributed by atoms with E-state index < -0.39 is 18.3 Å². The van der Waals surface area contributed by atoms with Crippen LogP contribution in [0.15, 0.2) is 78.5 Å². The maximum atomic E-state index is 12.9. The van der Waals surface area contributed by atoms with Crippen LogP contribution in [0.4, 0.5) is 32.0 Å². The Morgan fingerprint density at radius 3 is 2.54 bits per heavy atom. The van der Waals surface area contributed by atoms with Gasteiger partial charge >= 0.3 is 12.5 Å². The number of rotatable bonds is 5. The van der Waals surface area contributed by atoms with Crippen LogP contribution in [-0.2, 0) is 12.7 Å². The van der Waals surface area contributed by atoms with Gasteiger partial charge in [-0.1, -0.05) is 41.4 Å². The lowest BCUT2D eigenvalue weighted by Gasteiger charge is -2.18. The van der Waals surface area contributed by atoms with Crippen molar-refractivity contribution >= 4 is 46.6 Å². The smallest absolute Gasteiger partial charge is 0.450 e. The molecule has 14 heteroatoms. The Hall–Kier alpha value is -2.97. The summed E-state index contributed by atoms with van der Waals surface area (Å²) in [5.74, 6) is -1.15. The number of hydrogen-bond donors (Lipinski definition) is 0. The van der Waals surface area contributed by atoms with E-state index in [0.717, 1.165) is 37.4 Å². The molecule has 0 radical (unpaired) electrons. The number of thioether (sulfide) groups is 2. The molecule has 3 aromatic rings. The van der Waals surface area contributed by atoms with E-state index in [9.17, 15) is 26.3 Å². The number of nitrogens with zero attached hydrogens (tertiary/aromatic N) is 3. The third kappa shape index (κ3) is 5.68. The Bertz CT molecular complexity index is 1490. The lowest BCUT2D eigenvalue weighted by atomic mass is 10.3. The molecule has 4 heterocycles. The van der Waals surface area contributed by atoms with Crippen LogP contribution in [0.1, 0.15) is 23.5 Å². The van der Waals surface area contributed by atoms with Gasteiger partial charge < -0.3 is 19.0 Å². The topological polar surface area (TPSA) is 32.7 Å². The fourth-order valence-electron chi connectivity index (χ4n) is 4.08. The molecule has 0 N–H and O–H groups in total. The quantitative estimate of drug-likeness (QED) is 0.218. The van der Waals surface area contributed by atoms with Crippen molar-refractivity contribution in [3.05, 3.63) is 85.7 Å². The number of ether oxygens (including phenoxy) is 1. The number of hydrogen-bond acceptors (Lipinski definition) is 7. The molecule has 206 valence electrons. The molecule has 0 aliphatic carbocycles. The minimum atomic E-state index is -4.78. The molecule has 0 atom stereocenters. The first-order chi connectivity index (χ1) is 18.3. The molecule has 1 aromatic carbocycles. The number of benzene rings is 1. The van der Waals surface area contributed by atoms with Crippen LogP contribution in [-0.4, -0.2) is 24.9 Å². The van der Waals surface area contributed by atoms with E-state index in [4.69, 9.17) is 4.42 Å². The normalized spacial score (nSPS) is 19.0. The van der Waals surface area contributed by atoms with Gasteiger partial charge in [-0.25, -0.2) is 0 Å². The first-order valence-corrected chi connectivity index (χ1v) is 13.9. The fraction of sp³-hybridized carbons (Fsp3) is 0.240. The van der Waals surface area contributed by atoms with E-state index in [2.05, 4.69) is 11.3 Å². The van der Waals surface area contributed by atoms with Crippen molar-refractivity contribution in [1.82, 2.24) is 4.90 Å².